The van der Waals surface area contributed by atoms with E-state index >= 15 is 0 Å². The summed E-state index contributed by atoms with van der Waals surface area (Å²) in [5.41, 5.74) is 4.46. The van der Waals surface area contributed by atoms with Crippen LogP contribution in [-0.2, 0) is 19.6 Å². The van der Waals surface area contributed by atoms with Gasteiger partial charge < -0.3 is 9.80 Å². The number of anilines is 2. The fourth-order valence-corrected chi connectivity index (χ4v) is 4.03. The van der Waals surface area contributed by atoms with Gasteiger partial charge in [0.1, 0.15) is 11.6 Å². The largest absolute Gasteiger partial charge is 0.346 e. The highest BCUT2D eigenvalue weighted by atomic mass is 19.1. The summed E-state index contributed by atoms with van der Waals surface area (Å²) in [6.07, 6.45) is 4.36. The van der Waals surface area contributed by atoms with Gasteiger partial charge in [-0.3, -0.25) is 4.68 Å². The Labute approximate surface area is 163 Å². The van der Waals surface area contributed by atoms with Crippen LogP contribution in [0.4, 0.5) is 16.2 Å². The molecule has 0 amide bonds. The van der Waals surface area contributed by atoms with E-state index in [2.05, 4.69) is 25.9 Å². The van der Waals surface area contributed by atoms with Crippen LogP contribution in [0.25, 0.3) is 0 Å². The Bertz CT molecular complexity index is 991. The molecule has 3 aromatic rings. The zero-order valence-electron chi connectivity index (χ0n) is 16.0. The SMILES string of the molecule is Cc1cc(N2Cc3cnn(Cc4ccc(F)cc4)c3C2)nc(N2CCCC2)n1. The predicted molar refractivity (Wildman–Crippen MR) is 106 cm³/mol. The minimum absolute atomic E-state index is 0.214. The molecule has 144 valence electrons. The molecule has 0 atom stereocenters. The van der Waals surface area contributed by atoms with Gasteiger partial charge in [0, 0.05) is 37.0 Å². The maximum Gasteiger partial charge on any atom is 0.227 e. The Hall–Kier alpha value is -2.96. The molecule has 28 heavy (non-hydrogen) atoms. The van der Waals surface area contributed by atoms with Crippen LogP contribution in [0.2, 0.25) is 0 Å². The summed E-state index contributed by atoms with van der Waals surface area (Å²) in [5.74, 6) is 1.60. The van der Waals surface area contributed by atoms with Crippen LogP contribution in [0.15, 0.2) is 36.5 Å². The monoisotopic (exact) mass is 378 g/mol. The number of aryl methyl sites for hydroxylation is 1. The van der Waals surface area contributed by atoms with Gasteiger partial charge in [-0.05, 0) is 37.5 Å². The predicted octanol–water partition coefficient (Wildman–Crippen LogP) is 3.29. The van der Waals surface area contributed by atoms with Gasteiger partial charge in [-0.1, -0.05) is 12.1 Å². The summed E-state index contributed by atoms with van der Waals surface area (Å²) in [5, 5.41) is 4.54. The zero-order chi connectivity index (χ0) is 19.1. The third-order valence-electron chi connectivity index (χ3n) is 5.52. The van der Waals surface area contributed by atoms with Crippen molar-refractivity contribution in [2.24, 2.45) is 0 Å². The van der Waals surface area contributed by atoms with Gasteiger partial charge in [0.25, 0.3) is 0 Å². The maximum atomic E-state index is 13.2. The lowest BCUT2D eigenvalue weighted by atomic mass is 10.2. The smallest absolute Gasteiger partial charge is 0.227 e. The average Bonchev–Trinajstić information content (AvgIpc) is 3.41. The van der Waals surface area contributed by atoms with Crippen molar-refractivity contribution in [3.8, 4) is 0 Å². The first-order valence-electron chi connectivity index (χ1n) is 9.79. The molecule has 0 aliphatic carbocycles. The zero-order valence-corrected chi connectivity index (χ0v) is 16.0. The lowest BCUT2D eigenvalue weighted by Gasteiger charge is -2.21. The highest BCUT2D eigenvalue weighted by molar-refractivity contribution is 5.49. The van der Waals surface area contributed by atoms with Gasteiger partial charge in [-0.15, -0.1) is 0 Å². The molecule has 5 rings (SSSR count). The first-order chi connectivity index (χ1) is 13.7. The van der Waals surface area contributed by atoms with Crippen LogP contribution in [0.5, 0.6) is 0 Å². The first kappa shape index (κ1) is 17.2. The molecule has 0 radical (unpaired) electrons. The van der Waals surface area contributed by atoms with E-state index in [9.17, 15) is 4.39 Å². The molecule has 1 saturated heterocycles. The van der Waals surface area contributed by atoms with Crippen molar-refractivity contribution < 1.29 is 4.39 Å². The normalized spacial score (nSPS) is 16.1. The summed E-state index contributed by atoms with van der Waals surface area (Å²) in [6, 6.07) is 8.67. The molecule has 0 bridgehead atoms. The second-order valence-electron chi connectivity index (χ2n) is 7.62. The molecule has 0 saturated carbocycles. The van der Waals surface area contributed by atoms with Gasteiger partial charge in [-0.25, -0.2) is 9.37 Å². The van der Waals surface area contributed by atoms with E-state index in [0.29, 0.717) is 6.54 Å². The van der Waals surface area contributed by atoms with Gasteiger partial charge in [0.2, 0.25) is 5.95 Å². The van der Waals surface area contributed by atoms with Crippen molar-refractivity contribution in [1.82, 2.24) is 19.7 Å². The molecule has 6 nitrogen and oxygen atoms in total. The minimum Gasteiger partial charge on any atom is -0.346 e. The van der Waals surface area contributed by atoms with Crippen LogP contribution in [0.3, 0.4) is 0 Å². The van der Waals surface area contributed by atoms with Crippen molar-refractivity contribution in [3.63, 3.8) is 0 Å². The number of nitrogens with zero attached hydrogens (tertiary/aromatic N) is 6. The van der Waals surface area contributed by atoms with Crippen LogP contribution < -0.4 is 9.80 Å². The van der Waals surface area contributed by atoms with Crippen LogP contribution in [0, 0.1) is 12.7 Å². The summed E-state index contributed by atoms with van der Waals surface area (Å²) < 4.78 is 15.2. The van der Waals surface area contributed by atoms with Crippen LogP contribution in [0.1, 0.15) is 35.4 Å². The van der Waals surface area contributed by atoms with E-state index in [1.165, 1.54) is 36.2 Å². The van der Waals surface area contributed by atoms with E-state index in [0.717, 1.165) is 49.2 Å². The Morgan fingerprint density at radius 1 is 1.00 bits per heavy atom. The van der Waals surface area contributed by atoms with Gasteiger partial charge in [-0.2, -0.15) is 10.1 Å². The van der Waals surface area contributed by atoms with Gasteiger partial charge >= 0.3 is 0 Å². The van der Waals surface area contributed by atoms with Crippen molar-refractivity contribution in [1.29, 1.82) is 0 Å². The molecule has 1 fully saturated rings. The molecule has 0 N–H and O–H groups in total. The number of halogens is 1. The molecule has 1 aromatic carbocycles. The number of fused-ring (bicyclic) bond motifs is 1. The van der Waals surface area contributed by atoms with Crippen molar-refractivity contribution in [2.45, 2.75) is 39.4 Å². The number of hydrogen-bond donors (Lipinski definition) is 0. The van der Waals surface area contributed by atoms with E-state index < -0.39 is 0 Å². The number of benzene rings is 1. The van der Waals surface area contributed by atoms with Crippen molar-refractivity contribution in [3.05, 3.63) is 64.9 Å². The molecule has 2 aliphatic heterocycles. The third kappa shape index (κ3) is 3.21. The quantitative estimate of drug-likeness (QED) is 0.697. The lowest BCUT2D eigenvalue weighted by Crippen LogP contribution is -2.24. The number of rotatable bonds is 4. The molecule has 4 heterocycles. The second kappa shape index (κ2) is 6.89. The lowest BCUT2D eigenvalue weighted by molar-refractivity contribution is 0.620. The average molecular weight is 378 g/mol. The molecule has 7 heteroatoms. The van der Waals surface area contributed by atoms with Gasteiger partial charge in [0.05, 0.1) is 25.0 Å². The Balaban J connectivity index is 1.37. The first-order valence-corrected chi connectivity index (χ1v) is 9.79. The van der Waals surface area contributed by atoms with Crippen molar-refractivity contribution >= 4 is 11.8 Å². The van der Waals surface area contributed by atoms with Gasteiger partial charge in [0.15, 0.2) is 0 Å². The highest BCUT2D eigenvalue weighted by Gasteiger charge is 2.26. The molecule has 2 aliphatic rings. The fraction of sp³-hybridized carbons (Fsp3) is 0.381. The number of hydrogen-bond acceptors (Lipinski definition) is 5. The summed E-state index contributed by atoms with van der Waals surface area (Å²) in [4.78, 5) is 14.1. The topological polar surface area (TPSA) is 50.1 Å². The number of aromatic nitrogens is 4. The molecular formula is C21H23FN6. The fourth-order valence-electron chi connectivity index (χ4n) is 4.03. The van der Waals surface area contributed by atoms with E-state index in [-0.39, 0.29) is 5.82 Å². The van der Waals surface area contributed by atoms with Crippen molar-refractivity contribution in [2.75, 3.05) is 22.9 Å². The molecular weight excluding hydrogens is 355 g/mol. The Kier molecular flexibility index (Phi) is 4.22. The highest BCUT2D eigenvalue weighted by Crippen LogP contribution is 2.29. The van der Waals surface area contributed by atoms with Crippen LogP contribution >= 0.6 is 0 Å². The summed E-state index contributed by atoms with van der Waals surface area (Å²) in [7, 11) is 0. The van der Waals surface area contributed by atoms with E-state index in [1.807, 2.05) is 29.9 Å². The maximum absolute atomic E-state index is 13.2. The Morgan fingerprint density at radius 3 is 2.57 bits per heavy atom. The molecule has 0 spiro atoms. The third-order valence-corrected chi connectivity index (χ3v) is 5.52. The molecule has 0 unspecified atom stereocenters. The summed E-state index contributed by atoms with van der Waals surface area (Å²) >= 11 is 0. The van der Waals surface area contributed by atoms with E-state index in [4.69, 9.17) is 4.98 Å². The molecule has 2 aromatic heterocycles. The van der Waals surface area contributed by atoms with Crippen LogP contribution in [-0.4, -0.2) is 32.8 Å². The standard InChI is InChI=1S/C21H23FN6/c1-15-10-20(25-21(24-15)26-8-2-3-9-26)27-13-17-11-23-28(19(17)14-27)12-16-4-6-18(22)7-5-16/h4-7,10-11H,2-3,8-9,12-14H2,1H3. The Morgan fingerprint density at radius 2 is 1.79 bits per heavy atom. The minimum atomic E-state index is -0.214. The summed E-state index contributed by atoms with van der Waals surface area (Å²) in [6.45, 7) is 6.32. The van der Waals surface area contributed by atoms with E-state index in [1.54, 1.807) is 0 Å². The second-order valence-corrected chi connectivity index (χ2v) is 7.62.